The van der Waals surface area contributed by atoms with E-state index in [-0.39, 0.29) is 0 Å². The third-order valence-corrected chi connectivity index (χ3v) is 4.81. The third-order valence-electron chi connectivity index (χ3n) is 4.81. The summed E-state index contributed by atoms with van der Waals surface area (Å²) in [4.78, 5) is 0. The molecule has 1 aliphatic heterocycles. The van der Waals surface area contributed by atoms with E-state index >= 15 is 0 Å². The quantitative estimate of drug-likeness (QED) is 0.866. The van der Waals surface area contributed by atoms with E-state index in [0.29, 0.717) is 5.41 Å². The molecule has 0 radical (unpaired) electrons. The van der Waals surface area contributed by atoms with Gasteiger partial charge in [0.25, 0.3) is 0 Å². The Morgan fingerprint density at radius 1 is 1.30 bits per heavy atom. The zero-order valence-corrected chi connectivity index (χ0v) is 12.9. The van der Waals surface area contributed by atoms with Gasteiger partial charge in [0.2, 0.25) is 0 Å². The molecule has 20 heavy (non-hydrogen) atoms. The van der Waals surface area contributed by atoms with E-state index in [1.165, 1.54) is 49.8 Å². The Bertz CT molecular complexity index is 466. The van der Waals surface area contributed by atoms with Crippen molar-refractivity contribution in [1.29, 1.82) is 0 Å². The van der Waals surface area contributed by atoms with Crippen LogP contribution in [0, 0.1) is 11.3 Å². The van der Waals surface area contributed by atoms with E-state index in [9.17, 15) is 0 Å². The molecule has 2 aliphatic rings. The first-order valence-corrected chi connectivity index (χ1v) is 8.12. The first-order valence-electron chi connectivity index (χ1n) is 8.12. The molecule has 0 saturated heterocycles. The molecular formula is C18H27NO. The van der Waals surface area contributed by atoms with E-state index in [2.05, 4.69) is 37.4 Å². The maximum absolute atomic E-state index is 6.06. The van der Waals surface area contributed by atoms with Crippen molar-refractivity contribution in [3.05, 3.63) is 23.8 Å². The largest absolute Gasteiger partial charge is 0.493 e. The predicted octanol–water partition coefficient (Wildman–Crippen LogP) is 4.64. The molecule has 0 bridgehead atoms. The summed E-state index contributed by atoms with van der Waals surface area (Å²) in [5.74, 6) is 1.75. The molecule has 110 valence electrons. The Morgan fingerprint density at radius 2 is 2.20 bits per heavy atom. The minimum Gasteiger partial charge on any atom is -0.493 e. The molecule has 1 unspecified atom stereocenters. The second kappa shape index (κ2) is 5.67. The highest BCUT2D eigenvalue weighted by Gasteiger charge is 2.28. The van der Waals surface area contributed by atoms with Crippen molar-refractivity contribution in [1.82, 2.24) is 0 Å². The molecular weight excluding hydrogens is 246 g/mol. The van der Waals surface area contributed by atoms with Gasteiger partial charge in [0.1, 0.15) is 5.75 Å². The average Bonchev–Trinajstić information content (AvgIpc) is 2.44. The number of hydrogen-bond acceptors (Lipinski definition) is 2. The number of ether oxygens (including phenoxy) is 1. The number of benzene rings is 1. The van der Waals surface area contributed by atoms with Crippen LogP contribution in [0.25, 0.3) is 0 Å². The second-order valence-corrected chi connectivity index (χ2v) is 7.29. The van der Waals surface area contributed by atoms with Gasteiger partial charge in [0.05, 0.1) is 6.61 Å². The molecule has 1 aromatic carbocycles. The van der Waals surface area contributed by atoms with E-state index in [4.69, 9.17) is 4.74 Å². The van der Waals surface area contributed by atoms with Crippen LogP contribution in [0.5, 0.6) is 5.75 Å². The van der Waals surface area contributed by atoms with Crippen molar-refractivity contribution in [2.24, 2.45) is 11.3 Å². The van der Waals surface area contributed by atoms with Crippen LogP contribution < -0.4 is 10.1 Å². The fraction of sp³-hybridized carbons (Fsp3) is 0.667. The first kappa shape index (κ1) is 13.8. The van der Waals surface area contributed by atoms with Crippen LogP contribution in [0.3, 0.4) is 0 Å². The maximum atomic E-state index is 6.06. The smallest absolute Gasteiger partial charge is 0.121 e. The van der Waals surface area contributed by atoms with Crippen LogP contribution in [0.4, 0.5) is 5.69 Å². The molecule has 2 heteroatoms. The lowest BCUT2D eigenvalue weighted by atomic mass is 9.72. The lowest BCUT2D eigenvalue weighted by Gasteiger charge is -2.35. The van der Waals surface area contributed by atoms with Gasteiger partial charge in [-0.05, 0) is 55.1 Å². The van der Waals surface area contributed by atoms with Gasteiger partial charge in [-0.1, -0.05) is 26.3 Å². The summed E-state index contributed by atoms with van der Waals surface area (Å²) in [6, 6.07) is 6.55. The fourth-order valence-corrected chi connectivity index (χ4v) is 3.74. The van der Waals surface area contributed by atoms with Crippen molar-refractivity contribution in [2.75, 3.05) is 18.5 Å². The molecule has 1 aliphatic carbocycles. The molecule has 0 spiro atoms. The molecule has 1 heterocycles. The zero-order valence-electron chi connectivity index (χ0n) is 12.9. The third kappa shape index (κ3) is 3.28. The molecule has 1 saturated carbocycles. The van der Waals surface area contributed by atoms with Crippen LogP contribution in [0.15, 0.2) is 18.2 Å². The molecule has 1 fully saturated rings. The standard InChI is InChI=1S/C18H27NO/c1-18(2)9-3-5-14(12-18)13-20-16-8-7-15-6-4-10-19-17(15)11-16/h7-8,11,14,19H,3-6,9-10,12-13H2,1-2H3. The molecule has 1 atom stereocenters. The van der Waals surface area contributed by atoms with Crippen molar-refractivity contribution < 1.29 is 4.74 Å². The highest BCUT2D eigenvalue weighted by molar-refractivity contribution is 5.56. The summed E-state index contributed by atoms with van der Waals surface area (Å²) >= 11 is 0. The van der Waals surface area contributed by atoms with E-state index in [0.717, 1.165) is 24.8 Å². The van der Waals surface area contributed by atoms with Crippen LogP contribution in [0.2, 0.25) is 0 Å². The van der Waals surface area contributed by atoms with Gasteiger partial charge in [-0.2, -0.15) is 0 Å². The summed E-state index contributed by atoms with van der Waals surface area (Å²) < 4.78 is 6.06. The molecule has 0 amide bonds. The Morgan fingerprint density at radius 3 is 3.05 bits per heavy atom. The summed E-state index contributed by atoms with van der Waals surface area (Å²) in [6.45, 7) is 6.75. The Labute approximate surface area is 122 Å². The first-order chi connectivity index (χ1) is 9.62. The highest BCUT2D eigenvalue weighted by atomic mass is 16.5. The fourth-order valence-electron chi connectivity index (χ4n) is 3.74. The van der Waals surface area contributed by atoms with E-state index < -0.39 is 0 Å². The summed E-state index contributed by atoms with van der Waals surface area (Å²) in [6.07, 6.45) is 7.78. The molecule has 1 aromatic rings. The van der Waals surface area contributed by atoms with Crippen molar-refractivity contribution in [3.8, 4) is 5.75 Å². The monoisotopic (exact) mass is 273 g/mol. The van der Waals surface area contributed by atoms with Gasteiger partial charge in [-0.15, -0.1) is 0 Å². The van der Waals surface area contributed by atoms with Gasteiger partial charge < -0.3 is 10.1 Å². The highest BCUT2D eigenvalue weighted by Crippen LogP contribution is 2.38. The SMILES string of the molecule is CC1(C)CCCC(COc2ccc3c(c2)NCCC3)C1. The van der Waals surface area contributed by atoms with Crippen molar-refractivity contribution in [3.63, 3.8) is 0 Å². The maximum Gasteiger partial charge on any atom is 0.121 e. The van der Waals surface area contributed by atoms with Crippen LogP contribution in [0.1, 0.15) is 51.5 Å². The number of anilines is 1. The number of aryl methyl sites for hydroxylation is 1. The summed E-state index contributed by atoms with van der Waals surface area (Å²) in [5.41, 5.74) is 3.21. The van der Waals surface area contributed by atoms with Crippen LogP contribution in [-0.2, 0) is 6.42 Å². The van der Waals surface area contributed by atoms with Crippen LogP contribution >= 0.6 is 0 Å². The average molecular weight is 273 g/mol. The molecule has 1 N–H and O–H groups in total. The van der Waals surface area contributed by atoms with Crippen molar-refractivity contribution in [2.45, 2.75) is 52.4 Å². The molecule has 3 rings (SSSR count). The second-order valence-electron chi connectivity index (χ2n) is 7.29. The van der Waals surface area contributed by atoms with E-state index in [1.807, 2.05) is 0 Å². The van der Waals surface area contributed by atoms with Crippen molar-refractivity contribution >= 4 is 5.69 Å². The number of fused-ring (bicyclic) bond motifs is 1. The summed E-state index contributed by atoms with van der Waals surface area (Å²) in [5, 5.41) is 3.47. The molecule has 2 nitrogen and oxygen atoms in total. The van der Waals surface area contributed by atoms with Crippen LogP contribution in [-0.4, -0.2) is 13.2 Å². The van der Waals surface area contributed by atoms with Gasteiger partial charge >= 0.3 is 0 Å². The normalized spacial score (nSPS) is 24.6. The molecule has 0 aromatic heterocycles. The lowest BCUT2D eigenvalue weighted by Crippen LogP contribution is -2.26. The minimum absolute atomic E-state index is 0.504. The zero-order chi connectivity index (χ0) is 14.0. The Hall–Kier alpha value is -1.18. The number of nitrogens with one attached hydrogen (secondary N) is 1. The Balaban J connectivity index is 1.58. The van der Waals surface area contributed by atoms with E-state index in [1.54, 1.807) is 0 Å². The number of rotatable bonds is 3. The number of hydrogen-bond donors (Lipinski definition) is 1. The Kier molecular flexibility index (Phi) is 3.91. The van der Waals surface area contributed by atoms with Gasteiger partial charge in [0.15, 0.2) is 0 Å². The minimum atomic E-state index is 0.504. The van der Waals surface area contributed by atoms with Gasteiger partial charge in [0, 0.05) is 18.3 Å². The lowest BCUT2D eigenvalue weighted by molar-refractivity contribution is 0.129. The van der Waals surface area contributed by atoms with Gasteiger partial charge in [-0.25, -0.2) is 0 Å². The topological polar surface area (TPSA) is 21.3 Å². The summed E-state index contributed by atoms with van der Waals surface area (Å²) in [7, 11) is 0. The van der Waals surface area contributed by atoms with Gasteiger partial charge in [-0.3, -0.25) is 0 Å². The predicted molar refractivity (Wildman–Crippen MR) is 84.5 cm³/mol.